The summed E-state index contributed by atoms with van der Waals surface area (Å²) >= 11 is 0. The van der Waals surface area contributed by atoms with Crippen molar-refractivity contribution in [2.24, 2.45) is 5.73 Å². The van der Waals surface area contributed by atoms with Gasteiger partial charge in [0.1, 0.15) is 0 Å². The van der Waals surface area contributed by atoms with Crippen LogP contribution in [-0.2, 0) is 0 Å². The lowest BCUT2D eigenvalue weighted by atomic mass is 10.0. The van der Waals surface area contributed by atoms with Crippen molar-refractivity contribution in [1.82, 2.24) is 4.90 Å². The lowest BCUT2D eigenvalue weighted by molar-refractivity contribution is 0.180. The fraction of sp³-hybridized carbons (Fsp3) is 1.00. The van der Waals surface area contributed by atoms with Gasteiger partial charge in [-0.1, -0.05) is 13.3 Å². The molecule has 0 aromatic heterocycles. The summed E-state index contributed by atoms with van der Waals surface area (Å²) in [6.45, 7) is 3.50. The molecule has 1 saturated carbocycles. The molecule has 0 aromatic carbocycles. The molecule has 0 spiro atoms. The van der Waals surface area contributed by atoms with Crippen LogP contribution in [0.15, 0.2) is 0 Å². The van der Waals surface area contributed by atoms with Crippen molar-refractivity contribution in [3.05, 3.63) is 0 Å². The van der Waals surface area contributed by atoms with E-state index in [-0.39, 0.29) is 12.1 Å². The molecule has 2 unspecified atom stereocenters. The minimum atomic E-state index is -0.300. The van der Waals surface area contributed by atoms with Gasteiger partial charge in [-0.15, -0.1) is 0 Å². The van der Waals surface area contributed by atoms with Gasteiger partial charge in [-0.25, -0.2) is 0 Å². The van der Waals surface area contributed by atoms with Crippen molar-refractivity contribution in [1.29, 1.82) is 0 Å². The van der Waals surface area contributed by atoms with Crippen LogP contribution in [0.25, 0.3) is 0 Å². The Bertz CT molecular complexity index is 175. The Hall–Kier alpha value is -0.120. The third-order valence-electron chi connectivity index (χ3n) is 3.42. The number of rotatable bonds is 5. The van der Waals surface area contributed by atoms with Crippen molar-refractivity contribution in [3.8, 4) is 0 Å². The monoisotopic (exact) mass is 200 g/mol. The second-order valence-corrected chi connectivity index (χ2v) is 4.75. The molecule has 1 fully saturated rings. The van der Waals surface area contributed by atoms with Gasteiger partial charge in [-0.3, -0.25) is 0 Å². The van der Waals surface area contributed by atoms with Crippen LogP contribution < -0.4 is 5.73 Å². The summed E-state index contributed by atoms with van der Waals surface area (Å²) in [5, 5.41) is 9.16. The number of hydrogen-bond donors (Lipinski definition) is 2. The zero-order valence-electron chi connectivity index (χ0n) is 9.50. The Balaban J connectivity index is 2.33. The fourth-order valence-corrected chi connectivity index (χ4v) is 2.24. The lowest BCUT2D eigenvalue weighted by Gasteiger charge is -2.26. The number of nitrogens with zero attached hydrogens (tertiary/aromatic N) is 1. The Kier molecular flexibility index (Phi) is 4.35. The van der Waals surface area contributed by atoms with Crippen LogP contribution >= 0.6 is 0 Å². The molecular weight excluding hydrogens is 176 g/mol. The van der Waals surface area contributed by atoms with Gasteiger partial charge in [0.15, 0.2) is 0 Å². The molecule has 0 aliphatic heterocycles. The zero-order valence-corrected chi connectivity index (χ0v) is 9.50. The Morgan fingerprint density at radius 3 is 2.79 bits per heavy atom. The van der Waals surface area contributed by atoms with Crippen LogP contribution in [0.5, 0.6) is 0 Å². The van der Waals surface area contributed by atoms with E-state index in [0.717, 1.165) is 25.8 Å². The van der Waals surface area contributed by atoms with Gasteiger partial charge in [0.25, 0.3) is 0 Å². The van der Waals surface area contributed by atoms with Crippen LogP contribution in [0, 0.1) is 0 Å². The van der Waals surface area contributed by atoms with E-state index in [0.29, 0.717) is 6.04 Å². The molecule has 3 N–H and O–H groups in total. The first-order valence-corrected chi connectivity index (χ1v) is 5.71. The Morgan fingerprint density at radius 2 is 2.29 bits per heavy atom. The predicted octanol–water partition coefficient (Wildman–Crippen LogP) is 0.961. The van der Waals surface area contributed by atoms with Crippen LogP contribution in [0.2, 0.25) is 0 Å². The van der Waals surface area contributed by atoms with E-state index in [9.17, 15) is 0 Å². The van der Waals surface area contributed by atoms with E-state index in [1.807, 2.05) is 0 Å². The third-order valence-corrected chi connectivity index (χ3v) is 3.42. The molecule has 3 nitrogen and oxygen atoms in total. The maximum absolute atomic E-state index is 9.16. The first-order valence-electron chi connectivity index (χ1n) is 5.71. The van der Waals surface area contributed by atoms with Crippen molar-refractivity contribution in [2.45, 2.75) is 50.6 Å². The van der Waals surface area contributed by atoms with Gasteiger partial charge < -0.3 is 15.7 Å². The maximum Gasteiger partial charge on any atom is 0.0611 e. The van der Waals surface area contributed by atoms with E-state index in [2.05, 4.69) is 18.9 Å². The Morgan fingerprint density at radius 1 is 1.57 bits per heavy atom. The molecule has 14 heavy (non-hydrogen) atoms. The molecule has 0 aromatic rings. The number of hydrogen-bond acceptors (Lipinski definition) is 3. The molecule has 1 rings (SSSR count). The highest BCUT2D eigenvalue weighted by Gasteiger charge is 2.36. The first-order chi connectivity index (χ1) is 6.61. The van der Waals surface area contributed by atoms with E-state index in [4.69, 9.17) is 10.8 Å². The average molecular weight is 200 g/mol. The number of aliphatic hydroxyl groups is 1. The zero-order chi connectivity index (χ0) is 10.6. The quantitative estimate of drug-likeness (QED) is 0.695. The second kappa shape index (κ2) is 5.10. The van der Waals surface area contributed by atoms with Gasteiger partial charge in [0.05, 0.1) is 6.61 Å². The standard InChI is InChI=1S/C11H24N2O/c1-3-4-7-13(2)10-5-6-11(12,8-10)9-14/h10,14H,3-9,12H2,1-2H3. The number of aliphatic hydroxyl groups excluding tert-OH is 1. The molecule has 2 atom stereocenters. The molecule has 0 heterocycles. The predicted molar refractivity (Wildman–Crippen MR) is 59.2 cm³/mol. The normalized spacial score (nSPS) is 32.8. The molecule has 0 saturated heterocycles. The van der Waals surface area contributed by atoms with Crippen LogP contribution in [0.3, 0.4) is 0 Å². The van der Waals surface area contributed by atoms with Gasteiger partial charge in [-0.2, -0.15) is 0 Å². The van der Waals surface area contributed by atoms with Crippen molar-refractivity contribution in [2.75, 3.05) is 20.2 Å². The number of nitrogens with two attached hydrogens (primary N) is 1. The highest BCUT2D eigenvalue weighted by molar-refractivity contribution is 4.96. The summed E-state index contributed by atoms with van der Waals surface area (Å²) in [6, 6.07) is 0.582. The highest BCUT2D eigenvalue weighted by Crippen LogP contribution is 2.30. The fourth-order valence-electron chi connectivity index (χ4n) is 2.24. The maximum atomic E-state index is 9.16. The minimum absolute atomic E-state index is 0.130. The average Bonchev–Trinajstić information content (AvgIpc) is 2.58. The molecule has 84 valence electrons. The summed E-state index contributed by atoms with van der Waals surface area (Å²) in [5.41, 5.74) is 5.74. The second-order valence-electron chi connectivity index (χ2n) is 4.75. The smallest absolute Gasteiger partial charge is 0.0611 e. The Labute approximate surface area is 87.3 Å². The van der Waals surface area contributed by atoms with E-state index < -0.39 is 0 Å². The third kappa shape index (κ3) is 2.94. The molecule has 3 heteroatoms. The van der Waals surface area contributed by atoms with Crippen LogP contribution in [0.4, 0.5) is 0 Å². The van der Waals surface area contributed by atoms with Crippen molar-refractivity contribution < 1.29 is 5.11 Å². The van der Waals surface area contributed by atoms with E-state index in [1.165, 1.54) is 12.8 Å². The number of unbranched alkanes of at least 4 members (excludes halogenated alkanes) is 1. The summed E-state index contributed by atoms with van der Waals surface area (Å²) in [6.07, 6.45) is 5.54. The van der Waals surface area contributed by atoms with E-state index >= 15 is 0 Å². The molecule has 0 amide bonds. The lowest BCUT2D eigenvalue weighted by Crippen LogP contribution is -2.43. The topological polar surface area (TPSA) is 49.5 Å². The van der Waals surface area contributed by atoms with Crippen molar-refractivity contribution >= 4 is 0 Å². The first kappa shape index (κ1) is 12.0. The molecular formula is C11H24N2O. The van der Waals surface area contributed by atoms with E-state index in [1.54, 1.807) is 0 Å². The molecule has 0 radical (unpaired) electrons. The minimum Gasteiger partial charge on any atom is -0.394 e. The molecule has 1 aliphatic carbocycles. The SMILES string of the molecule is CCCCN(C)C1CCC(N)(CO)C1. The van der Waals surface area contributed by atoms with Gasteiger partial charge >= 0.3 is 0 Å². The van der Waals surface area contributed by atoms with Gasteiger partial charge in [-0.05, 0) is 39.3 Å². The van der Waals surface area contributed by atoms with Gasteiger partial charge in [0, 0.05) is 11.6 Å². The van der Waals surface area contributed by atoms with Gasteiger partial charge in [0.2, 0.25) is 0 Å². The highest BCUT2D eigenvalue weighted by atomic mass is 16.3. The molecule has 0 bridgehead atoms. The molecule has 1 aliphatic rings. The largest absolute Gasteiger partial charge is 0.394 e. The summed E-state index contributed by atoms with van der Waals surface area (Å²) < 4.78 is 0. The van der Waals surface area contributed by atoms with Crippen LogP contribution in [-0.4, -0.2) is 41.8 Å². The summed E-state index contributed by atoms with van der Waals surface area (Å²) in [7, 11) is 2.17. The summed E-state index contributed by atoms with van der Waals surface area (Å²) in [4.78, 5) is 2.40. The van der Waals surface area contributed by atoms with Crippen molar-refractivity contribution in [3.63, 3.8) is 0 Å². The summed E-state index contributed by atoms with van der Waals surface area (Å²) in [5.74, 6) is 0. The van der Waals surface area contributed by atoms with Crippen LogP contribution in [0.1, 0.15) is 39.0 Å².